The Hall–Kier alpha value is -2.68. The van der Waals surface area contributed by atoms with Crippen LogP contribution in [0.4, 0.5) is 0 Å². The van der Waals surface area contributed by atoms with Gasteiger partial charge >= 0.3 is 5.97 Å². The molecule has 3 nitrogen and oxygen atoms in total. The van der Waals surface area contributed by atoms with E-state index in [4.69, 9.17) is 4.74 Å². The fourth-order valence-electron chi connectivity index (χ4n) is 3.47. The first-order chi connectivity index (χ1) is 13.1. The minimum atomic E-state index is -0.308. The second-order valence-corrected chi connectivity index (χ2v) is 7.17. The Morgan fingerprint density at radius 3 is 2.56 bits per heavy atom. The molecule has 1 aliphatic rings. The maximum Gasteiger partial charge on any atom is 0.313 e. The highest BCUT2D eigenvalue weighted by molar-refractivity contribution is 5.83. The summed E-state index contributed by atoms with van der Waals surface area (Å²) in [4.78, 5) is 24.1. The van der Waals surface area contributed by atoms with Crippen molar-refractivity contribution in [2.75, 3.05) is 6.61 Å². The van der Waals surface area contributed by atoms with Crippen LogP contribution in [0.1, 0.15) is 48.8 Å². The van der Waals surface area contributed by atoms with Gasteiger partial charge in [0, 0.05) is 12.3 Å². The SMILES string of the molecule is CC(C(=O)OC/C=C/c1ccccc1)c1ccc(CC2CCCC2=O)cc1. The van der Waals surface area contributed by atoms with Crippen LogP contribution < -0.4 is 0 Å². The molecule has 0 heterocycles. The van der Waals surface area contributed by atoms with Crippen molar-refractivity contribution < 1.29 is 14.3 Å². The molecule has 0 aromatic heterocycles. The van der Waals surface area contributed by atoms with Crippen LogP contribution in [0.25, 0.3) is 6.08 Å². The first-order valence-corrected chi connectivity index (χ1v) is 9.63. The lowest BCUT2D eigenvalue weighted by Crippen LogP contribution is -2.13. The smallest absolute Gasteiger partial charge is 0.313 e. The summed E-state index contributed by atoms with van der Waals surface area (Å²) >= 11 is 0. The Kier molecular flexibility index (Phi) is 6.59. The predicted octanol–water partition coefficient (Wildman–Crippen LogP) is 4.96. The van der Waals surface area contributed by atoms with Crippen molar-refractivity contribution in [3.8, 4) is 0 Å². The van der Waals surface area contributed by atoms with Crippen molar-refractivity contribution in [3.05, 3.63) is 77.4 Å². The minimum absolute atomic E-state index is 0.176. The van der Waals surface area contributed by atoms with Gasteiger partial charge in [-0.3, -0.25) is 9.59 Å². The summed E-state index contributed by atoms with van der Waals surface area (Å²) in [6.07, 6.45) is 7.34. The monoisotopic (exact) mass is 362 g/mol. The number of hydrogen-bond acceptors (Lipinski definition) is 3. The van der Waals surface area contributed by atoms with Crippen molar-refractivity contribution in [3.63, 3.8) is 0 Å². The molecule has 2 aromatic rings. The highest BCUT2D eigenvalue weighted by Crippen LogP contribution is 2.26. The first-order valence-electron chi connectivity index (χ1n) is 9.63. The molecule has 0 saturated heterocycles. The molecule has 2 aromatic carbocycles. The molecule has 0 amide bonds. The van der Waals surface area contributed by atoms with Crippen LogP contribution in [-0.2, 0) is 20.7 Å². The lowest BCUT2D eigenvalue weighted by atomic mass is 9.94. The van der Waals surface area contributed by atoms with Gasteiger partial charge in [0.1, 0.15) is 12.4 Å². The molecule has 2 atom stereocenters. The lowest BCUT2D eigenvalue weighted by Gasteiger charge is -2.13. The van der Waals surface area contributed by atoms with Crippen molar-refractivity contribution in [2.45, 2.75) is 38.5 Å². The molecule has 3 heteroatoms. The van der Waals surface area contributed by atoms with Crippen LogP contribution in [-0.4, -0.2) is 18.4 Å². The quantitative estimate of drug-likeness (QED) is 0.654. The van der Waals surface area contributed by atoms with Crippen LogP contribution in [0.15, 0.2) is 60.7 Å². The summed E-state index contributed by atoms with van der Waals surface area (Å²) in [6.45, 7) is 2.12. The van der Waals surface area contributed by atoms with E-state index in [1.54, 1.807) is 0 Å². The maximum atomic E-state index is 12.3. The van der Waals surface area contributed by atoms with Gasteiger partial charge in [-0.15, -0.1) is 0 Å². The number of ether oxygens (including phenoxy) is 1. The van der Waals surface area contributed by atoms with Crippen LogP contribution in [0, 0.1) is 5.92 Å². The summed E-state index contributed by atoms with van der Waals surface area (Å²) in [6, 6.07) is 17.9. The van der Waals surface area contributed by atoms with E-state index >= 15 is 0 Å². The molecule has 0 bridgehead atoms. The molecular weight excluding hydrogens is 336 g/mol. The van der Waals surface area contributed by atoms with Crippen molar-refractivity contribution in [2.24, 2.45) is 5.92 Å². The van der Waals surface area contributed by atoms with Crippen molar-refractivity contribution >= 4 is 17.8 Å². The highest BCUT2D eigenvalue weighted by Gasteiger charge is 2.24. The van der Waals surface area contributed by atoms with Crippen molar-refractivity contribution in [1.82, 2.24) is 0 Å². The van der Waals surface area contributed by atoms with Gasteiger partial charge in [0.25, 0.3) is 0 Å². The zero-order chi connectivity index (χ0) is 19.1. The molecule has 1 fully saturated rings. The number of benzene rings is 2. The Labute approximate surface area is 161 Å². The van der Waals surface area contributed by atoms with Crippen LogP contribution in [0.3, 0.4) is 0 Å². The van der Waals surface area contributed by atoms with Gasteiger partial charge in [-0.05, 0) is 49.0 Å². The first kappa shape index (κ1) is 19.1. The Morgan fingerprint density at radius 1 is 1.15 bits per heavy atom. The predicted molar refractivity (Wildman–Crippen MR) is 107 cm³/mol. The normalized spacial score (nSPS) is 18.0. The summed E-state index contributed by atoms with van der Waals surface area (Å²) in [5, 5.41) is 0. The molecule has 27 heavy (non-hydrogen) atoms. The van der Waals surface area contributed by atoms with Crippen molar-refractivity contribution in [1.29, 1.82) is 0 Å². The van der Waals surface area contributed by atoms with Crippen LogP contribution >= 0.6 is 0 Å². The molecular formula is C24H26O3. The van der Waals surface area contributed by atoms with E-state index in [2.05, 4.69) is 0 Å². The second-order valence-electron chi connectivity index (χ2n) is 7.17. The van der Waals surface area contributed by atoms with E-state index in [0.29, 0.717) is 5.78 Å². The average Bonchev–Trinajstić information content (AvgIpc) is 3.10. The molecule has 0 radical (unpaired) electrons. The average molecular weight is 362 g/mol. The van der Waals surface area contributed by atoms with E-state index in [1.807, 2.05) is 73.7 Å². The second kappa shape index (κ2) is 9.31. The van der Waals surface area contributed by atoms with Gasteiger partial charge in [-0.1, -0.05) is 60.7 Å². The number of Topliss-reactive ketones (excluding diaryl/α,β-unsaturated/α-hetero) is 1. The van der Waals surface area contributed by atoms with Gasteiger partial charge in [0.15, 0.2) is 0 Å². The summed E-state index contributed by atoms with van der Waals surface area (Å²) in [5.41, 5.74) is 3.18. The molecule has 1 saturated carbocycles. The Balaban J connectivity index is 1.49. The largest absolute Gasteiger partial charge is 0.461 e. The summed E-state index contributed by atoms with van der Waals surface area (Å²) in [5.74, 6) is 0.0259. The van der Waals surface area contributed by atoms with Gasteiger partial charge in [-0.25, -0.2) is 0 Å². The van der Waals surface area contributed by atoms with E-state index in [0.717, 1.165) is 42.4 Å². The molecule has 0 N–H and O–H groups in total. The van der Waals surface area contributed by atoms with Gasteiger partial charge in [0.2, 0.25) is 0 Å². The number of ketones is 1. The zero-order valence-electron chi connectivity index (χ0n) is 15.8. The third-order valence-corrected chi connectivity index (χ3v) is 5.18. The zero-order valence-corrected chi connectivity index (χ0v) is 15.8. The number of esters is 1. The number of hydrogen-bond donors (Lipinski definition) is 0. The Morgan fingerprint density at radius 2 is 1.89 bits per heavy atom. The third kappa shape index (κ3) is 5.40. The molecule has 140 valence electrons. The highest BCUT2D eigenvalue weighted by atomic mass is 16.5. The van der Waals surface area contributed by atoms with E-state index < -0.39 is 0 Å². The Bertz CT molecular complexity index is 790. The van der Waals surface area contributed by atoms with E-state index in [9.17, 15) is 9.59 Å². The van der Waals surface area contributed by atoms with Crippen LogP contribution in [0.5, 0.6) is 0 Å². The van der Waals surface area contributed by atoms with E-state index in [1.165, 1.54) is 0 Å². The maximum absolute atomic E-state index is 12.3. The molecule has 2 unspecified atom stereocenters. The topological polar surface area (TPSA) is 43.4 Å². The fourth-order valence-corrected chi connectivity index (χ4v) is 3.47. The van der Waals surface area contributed by atoms with Gasteiger partial charge < -0.3 is 4.74 Å². The summed E-state index contributed by atoms with van der Waals surface area (Å²) < 4.78 is 5.36. The van der Waals surface area contributed by atoms with Gasteiger partial charge in [0.05, 0.1) is 5.92 Å². The van der Waals surface area contributed by atoms with Gasteiger partial charge in [-0.2, -0.15) is 0 Å². The minimum Gasteiger partial charge on any atom is -0.461 e. The third-order valence-electron chi connectivity index (χ3n) is 5.18. The molecule has 3 rings (SSSR count). The summed E-state index contributed by atoms with van der Waals surface area (Å²) in [7, 11) is 0. The number of carbonyl (C=O) groups excluding carboxylic acids is 2. The number of carbonyl (C=O) groups is 2. The molecule has 0 aliphatic heterocycles. The lowest BCUT2D eigenvalue weighted by molar-refractivity contribution is -0.143. The number of rotatable bonds is 7. The fraction of sp³-hybridized carbons (Fsp3) is 0.333. The molecule has 0 spiro atoms. The van der Waals surface area contributed by atoms with Crippen LogP contribution in [0.2, 0.25) is 0 Å². The molecule has 1 aliphatic carbocycles. The van der Waals surface area contributed by atoms with E-state index in [-0.39, 0.29) is 24.4 Å². The standard InChI is InChI=1S/C24H26O3/c1-18(24(26)27-16-6-9-19-7-3-2-4-8-19)21-14-12-20(13-15-21)17-22-10-5-11-23(22)25/h2-4,6-9,12-15,18,22H,5,10-11,16-17H2,1H3/b9-6+.